The number of alkyl carbamates (subject to hydrolysis) is 1. The Labute approximate surface area is 122 Å². The van der Waals surface area contributed by atoms with Crippen LogP contribution in [0.5, 0.6) is 0 Å². The molecular weight excluding hydrogens is 260 g/mol. The summed E-state index contributed by atoms with van der Waals surface area (Å²) in [5.74, 6) is 0. The van der Waals surface area contributed by atoms with E-state index in [-0.39, 0.29) is 6.04 Å². The highest BCUT2D eigenvalue weighted by Gasteiger charge is 2.19. The fourth-order valence-corrected chi connectivity index (χ4v) is 1.37. The molecule has 2 N–H and O–H groups in total. The number of hydrogen-bond donors (Lipinski definition) is 2. The highest BCUT2D eigenvalue weighted by molar-refractivity contribution is 5.68. The summed E-state index contributed by atoms with van der Waals surface area (Å²) in [7, 11) is 1.63. The third kappa shape index (κ3) is 12.2. The third-order valence-electron chi connectivity index (χ3n) is 2.24. The average Bonchev–Trinajstić information content (AvgIpc) is 2.28. The minimum atomic E-state index is -0.503. The molecule has 0 saturated heterocycles. The van der Waals surface area contributed by atoms with Gasteiger partial charge >= 0.3 is 6.09 Å². The van der Waals surface area contributed by atoms with Crippen molar-refractivity contribution >= 4 is 6.09 Å². The lowest BCUT2D eigenvalue weighted by Gasteiger charge is -2.24. The minimum absolute atomic E-state index is 0.135. The van der Waals surface area contributed by atoms with Gasteiger partial charge in [-0.15, -0.1) is 0 Å². The van der Waals surface area contributed by atoms with Crippen LogP contribution in [0.4, 0.5) is 4.79 Å². The fraction of sp³-hybridized carbons (Fsp3) is 0.929. The predicted molar refractivity (Wildman–Crippen MR) is 79.0 cm³/mol. The fourth-order valence-electron chi connectivity index (χ4n) is 1.37. The topological polar surface area (TPSA) is 68.8 Å². The molecule has 120 valence electrons. The van der Waals surface area contributed by atoms with Gasteiger partial charge in [-0.05, 0) is 20.8 Å². The number of hydrogen-bond acceptors (Lipinski definition) is 5. The van der Waals surface area contributed by atoms with E-state index < -0.39 is 11.7 Å². The second kappa shape index (κ2) is 9.96. The predicted octanol–water partition coefficient (Wildman–Crippen LogP) is 1.54. The van der Waals surface area contributed by atoms with Crippen LogP contribution in [0, 0.1) is 0 Å². The summed E-state index contributed by atoms with van der Waals surface area (Å²) in [6, 6.07) is 0.209. The number of carbonyl (C=O) groups is 1. The molecule has 0 radical (unpaired) electrons. The van der Waals surface area contributed by atoms with Crippen LogP contribution in [0.2, 0.25) is 0 Å². The quantitative estimate of drug-likeness (QED) is 0.630. The van der Waals surface area contributed by atoms with Crippen LogP contribution in [0.3, 0.4) is 0 Å². The van der Waals surface area contributed by atoms with Gasteiger partial charge in [-0.25, -0.2) is 4.79 Å². The number of rotatable bonds is 9. The lowest BCUT2D eigenvalue weighted by molar-refractivity contribution is 0.0370. The van der Waals surface area contributed by atoms with Gasteiger partial charge in [0.1, 0.15) is 5.60 Å². The lowest BCUT2D eigenvalue weighted by Crippen LogP contribution is -2.48. The van der Waals surface area contributed by atoms with Crippen LogP contribution in [-0.2, 0) is 14.2 Å². The summed E-state index contributed by atoms with van der Waals surface area (Å²) < 4.78 is 15.6. The smallest absolute Gasteiger partial charge is 0.407 e. The summed E-state index contributed by atoms with van der Waals surface area (Å²) in [4.78, 5) is 11.8. The van der Waals surface area contributed by atoms with Gasteiger partial charge in [-0.2, -0.15) is 0 Å². The van der Waals surface area contributed by atoms with Crippen molar-refractivity contribution in [3.63, 3.8) is 0 Å². The van der Waals surface area contributed by atoms with Gasteiger partial charge in [-0.3, -0.25) is 0 Å². The van der Waals surface area contributed by atoms with Crippen LogP contribution in [0.1, 0.15) is 34.6 Å². The van der Waals surface area contributed by atoms with E-state index in [9.17, 15) is 4.79 Å². The van der Waals surface area contributed by atoms with Crippen molar-refractivity contribution < 1.29 is 19.0 Å². The molecule has 0 spiro atoms. The summed E-state index contributed by atoms with van der Waals surface area (Å²) in [6.07, 6.45) is -0.427. The second-order valence-electron chi connectivity index (χ2n) is 5.97. The van der Waals surface area contributed by atoms with Crippen LogP contribution in [0.25, 0.3) is 0 Å². The van der Waals surface area contributed by atoms with Crippen LogP contribution < -0.4 is 10.6 Å². The first-order valence-corrected chi connectivity index (χ1v) is 7.04. The highest BCUT2D eigenvalue weighted by Crippen LogP contribution is 2.06. The number of ether oxygens (including phenoxy) is 3. The number of amides is 1. The first-order chi connectivity index (χ1) is 9.24. The average molecular weight is 290 g/mol. The molecule has 0 rings (SSSR count). The maximum atomic E-state index is 11.8. The van der Waals surface area contributed by atoms with Gasteiger partial charge in [0.2, 0.25) is 0 Å². The molecule has 1 amide bonds. The molecule has 0 saturated carbocycles. The maximum absolute atomic E-state index is 11.8. The van der Waals surface area contributed by atoms with E-state index >= 15 is 0 Å². The molecule has 6 heteroatoms. The molecule has 0 aliphatic carbocycles. The summed E-state index contributed by atoms with van der Waals surface area (Å²) in [5.41, 5.74) is -0.503. The molecule has 0 aliphatic heterocycles. The summed E-state index contributed by atoms with van der Waals surface area (Å²) in [5, 5.41) is 6.09. The van der Waals surface area contributed by atoms with Crippen molar-refractivity contribution in [1.29, 1.82) is 0 Å². The van der Waals surface area contributed by atoms with E-state index in [4.69, 9.17) is 14.2 Å². The van der Waals surface area contributed by atoms with Crippen molar-refractivity contribution in [3.05, 3.63) is 0 Å². The first-order valence-electron chi connectivity index (χ1n) is 7.04. The van der Waals surface area contributed by atoms with E-state index in [1.165, 1.54) is 0 Å². The van der Waals surface area contributed by atoms with E-state index in [1.807, 2.05) is 20.8 Å². The van der Waals surface area contributed by atoms with E-state index in [2.05, 4.69) is 24.5 Å². The zero-order chi connectivity index (χ0) is 15.6. The largest absolute Gasteiger partial charge is 0.444 e. The Morgan fingerprint density at radius 2 is 1.85 bits per heavy atom. The van der Waals surface area contributed by atoms with E-state index in [0.29, 0.717) is 32.4 Å². The van der Waals surface area contributed by atoms with Gasteiger partial charge < -0.3 is 24.8 Å². The Kier molecular flexibility index (Phi) is 9.54. The highest BCUT2D eigenvalue weighted by atomic mass is 16.6. The molecule has 0 bridgehead atoms. The van der Waals surface area contributed by atoms with Gasteiger partial charge in [-0.1, -0.05) is 13.8 Å². The van der Waals surface area contributed by atoms with Crippen LogP contribution >= 0.6 is 0 Å². The molecule has 0 aromatic rings. The van der Waals surface area contributed by atoms with Crippen molar-refractivity contribution in [2.45, 2.75) is 52.3 Å². The van der Waals surface area contributed by atoms with Gasteiger partial charge in [0.15, 0.2) is 0 Å². The standard InChI is InChI=1S/C14H30N2O4/c1-11(2)15-9-12(10-19-8-7-18-6)16-13(17)20-14(3,4)5/h11-12,15H,7-10H2,1-6H3,(H,16,17). The Morgan fingerprint density at radius 3 is 2.35 bits per heavy atom. The second-order valence-corrected chi connectivity index (χ2v) is 5.97. The Hall–Kier alpha value is -0.850. The van der Waals surface area contributed by atoms with Gasteiger partial charge in [0, 0.05) is 19.7 Å². The number of carbonyl (C=O) groups excluding carboxylic acids is 1. The minimum Gasteiger partial charge on any atom is -0.444 e. The zero-order valence-corrected chi connectivity index (χ0v) is 13.6. The van der Waals surface area contributed by atoms with Crippen LogP contribution in [0.15, 0.2) is 0 Å². The molecular formula is C14H30N2O4. The first kappa shape index (κ1) is 19.1. The van der Waals surface area contributed by atoms with E-state index in [1.54, 1.807) is 7.11 Å². The zero-order valence-electron chi connectivity index (χ0n) is 13.6. The molecule has 0 heterocycles. The Bertz CT molecular complexity index is 264. The normalized spacial score (nSPS) is 13.3. The van der Waals surface area contributed by atoms with Crippen molar-refractivity contribution in [2.24, 2.45) is 0 Å². The monoisotopic (exact) mass is 290 g/mol. The summed E-state index contributed by atoms with van der Waals surface area (Å²) >= 11 is 0. The number of methoxy groups -OCH3 is 1. The molecule has 0 aliphatic rings. The maximum Gasteiger partial charge on any atom is 0.407 e. The molecule has 0 aromatic heterocycles. The molecule has 0 aromatic carbocycles. The van der Waals surface area contributed by atoms with E-state index in [0.717, 1.165) is 0 Å². The molecule has 20 heavy (non-hydrogen) atoms. The Morgan fingerprint density at radius 1 is 1.20 bits per heavy atom. The molecule has 0 fully saturated rings. The van der Waals surface area contributed by atoms with Gasteiger partial charge in [0.05, 0.1) is 25.9 Å². The van der Waals surface area contributed by atoms with Crippen molar-refractivity contribution in [2.75, 3.05) is 33.5 Å². The lowest BCUT2D eigenvalue weighted by atomic mass is 10.2. The molecule has 1 unspecified atom stereocenters. The Balaban J connectivity index is 4.18. The van der Waals surface area contributed by atoms with Crippen LogP contribution in [-0.4, -0.2) is 57.3 Å². The number of nitrogens with one attached hydrogen (secondary N) is 2. The SMILES string of the molecule is COCCOCC(CNC(C)C)NC(=O)OC(C)(C)C. The van der Waals surface area contributed by atoms with Crippen molar-refractivity contribution in [1.82, 2.24) is 10.6 Å². The summed E-state index contributed by atoms with van der Waals surface area (Å²) in [6.45, 7) is 11.7. The van der Waals surface area contributed by atoms with Crippen molar-refractivity contribution in [3.8, 4) is 0 Å². The molecule has 6 nitrogen and oxygen atoms in total. The third-order valence-corrected chi connectivity index (χ3v) is 2.24. The molecule has 1 atom stereocenters. The van der Waals surface area contributed by atoms with Gasteiger partial charge in [0.25, 0.3) is 0 Å².